The van der Waals surface area contributed by atoms with Crippen LogP contribution in [-0.2, 0) is 4.79 Å². The smallest absolute Gasteiger partial charge is 0.216 e. The number of hydrogen-bond acceptors (Lipinski definition) is 2. The van der Waals surface area contributed by atoms with Gasteiger partial charge in [-0.2, -0.15) is 0 Å². The highest BCUT2D eigenvalue weighted by atomic mass is 35.6. The molecule has 2 nitrogen and oxygen atoms in total. The molecule has 1 aliphatic carbocycles. The van der Waals surface area contributed by atoms with Crippen molar-refractivity contribution in [2.75, 3.05) is 0 Å². The van der Waals surface area contributed by atoms with Crippen molar-refractivity contribution in [2.45, 2.75) is 43.5 Å². The predicted octanol–water partition coefficient (Wildman–Crippen LogP) is 3.36. The Morgan fingerprint density at radius 1 is 1.38 bits per heavy atom. The third-order valence-corrected chi connectivity index (χ3v) is 4.41. The van der Waals surface area contributed by atoms with Crippen molar-refractivity contribution in [2.24, 2.45) is 17.3 Å². The van der Waals surface area contributed by atoms with Crippen LogP contribution < -0.4 is 0 Å². The Kier molecular flexibility index (Phi) is 4.22. The zero-order valence-electron chi connectivity index (χ0n) is 9.64. The van der Waals surface area contributed by atoms with E-state index in [9.17, 15) is 9.90 Å². The highest BCUT2D eigenvalue weighted by Gasteiger charge is 2.58. The molecular weight excluding hydrogens is 270 g/mol. The van der Waals surface area contributed by atoms with E-state index in [-0.39, 0.29) is 17.1 Å². The van der Waals surface area contributed by atoms with Crippen LogP contribution in [0.2, 0.25) is 0 Å². The number of hydrogen-bond donors (Lipinski definition) is 1. The maximum Gasteiger partial charge on any atom is 0.216 e. The summed E-state index contributed by atoms with van der Waals surface area (Å²) in [7, 11) is 0. The maximum atomic E-state index is 11.1. The first-order chi connectivity index (χ1) is 7.06. The summed E-state index contributed by atoms with van der Waals surface area (Å²) in [5.74, 6) is 0.720. The minimum Gasteiger partial charge on any atom is -0.389 e. The molecule has 0 aromatic carbocycles. The first-order valence-electron chi connectivity index (χ1n) is 5.31. The van der Waals surface area contributed by atoms with Gasteiger partial charge in [-0.15, -0.1) is 0 Å². The number of carbonyl (C=O) groups excluding carboxylic acids is 1. The van der Waals surface area contributed by atoms with E-state index in [1.54, 1.807) is 6.92 Å². The van der Waals surface area contributed by atoms with Gasteiger partial charge in [0.05, 0.1) is 0 Å². The largest absolute Gasteiger partial charge is 0.389 e. The van der Waals surface area contributed by atoms with Crippen LogP contribution in [0, 0.1) is 17.3 Å². The molecule has 0 aliphatic heterocycles. The van der Waals surface area contributed by atoms with Gasteiger partial charge in [0, 0.05) is 6.42 Å². The Labute approximate surface area is 111 Å². The van der Waals surface area contributed by atoms with E-state index >= 15 is 0 Å². The zero-order valence-corrected chi connectivity index (χ0v) is 11.9. The van der Waals surface area contributed by atoms with Crippen molar-refractivity contribution in [3.05, 3.63) is 0 Å². The first-order valence-corrected chi connectivity index (χ1v) is 6.44. The number of aliphatic hydroxyl groups excluding tert-OH is 1. The summed E-state index contributed by atoms with van der Waals surface area (Å²) in [6, 6.07) is 0. The molecule has 0 spiro atoms. The minimum atomic E-state index is -1.64. The third kappa shape index (κ3) is 3.25. The van der Waals surface area contributed by atoms with Crippen molar-refractivity contribution >= 4 is 40.6 Å². The molecule has 0 heterocycles. The van der Waals surface area contributed by atoms with Gasteiger partial charge in [-0.25, -0.2) is 0 Å². The molecule has 1 aliphatic rings. The number of aliphatic hydroxyl groups is 1. The second-order valence-corrected chi connectivity index (χ2v) is 7.60. The van der Waals surface area contributed by atoms with Crippen LogP contribution in [0.25, 0.3) is 0 Å². The lowest BCUT2D eigenvalue weighted by molar-refractivity contribution is -0.117. The minimum absolute atomic E-state index is 0.0581. The summed E-state index contributed by atoms with van der Waals surface area (Å²) in [5.41, 5.74) is 0.0581. The lowest BCUT2D eigenvalue weighted by atomic mass is 10.0. The second kappa shape index (κ2) is 4.64. The molecule has 94 valence electrons. The molecule has 5 heteroatoms. The van der Waals surface area contributed by atoms with Crippen LogP contribution >= 0.6 is 34.8 Å². The number of ketones is 1. The fourth-order valence-corrected chi connectivity index (χ4v) is 2.68. The van der Waals surface area contributed by atoms with Crippen molar-refractivity contribution in [1.82, 2.24) is 0 Å². The predicted molar refractivity (Wildman–Crippen MR) is 67.0 cm³/mol. The van der Waals surface area contributed by atoms with Crippen LogP contribution in [0.4, 0.5) is 0 Å². The Bertz CT molecular complexity index is 283. The van der Waals surface area contributed by atoms with Gasteiger partial charge in [-0.1, -0.05) is 48.7 Å². The summed E-state index contributed by atoms with van der Waals surface area (Å²) >= 11 is 16.8. The molecule has 0 aromatic heterocycles. The topological polar surface area (TPSA) is 37.3 Å². The number of halogens is 3. The fourth-order valence-electron chi connectivity index (χ4n) is 2.41. The number of carbonyl (C=O) groups is 1. The molecule has 1 rings (SSSR count). The summed E-state index contributed by atoms with van der Waals surface area (Å²) in [6.07, 6.45) is 0.00447. The second-order valence-electron chi connectivity index (χ2n) is 5.23. The SMILES string of the molecule is CC(=O)CC1C(CC(O)C(Cl)(Cl)Cl)C1(C)C. The van der Waals surface area contributed by atoms with Crippen LogP contribution in [0.15, 0.2) is 0 Å². The third-order valence-electron chi connectivity index (χ3n) is 3.65. The van der Waals surface area contributed by atoms with Gasteiger partial charge in [-0.05, 0) is 30.6 Å². The Hall–Kier alpha value is 0.500. The lowest BCUT2D eigenvalue weighted by Gasteiger charge is -2.19. The summed E-state index contributed by atoms with van der Waals surface area (Å²) < 4.78 is -1.64. The van der Waals surface area contributed by atoms with Crippen LogP contribution in [0.5, 0.6) is 0 Å². The molecule has 0 bridgehead atoms. The van der Waals surface area contributed by atoms with Gasteiger partial charge in [0.1, 0.15) is 11.9 Å². The standard InChI is InChI=1S/C11H17Cl3O2/c1-6(15)4-7-8(10(7,2)3)5-9(16)11(12,13)14/h7-9,16H,4-5H2,1-3H3. The number of Topliss-reactive ketones (excluding diaryl/α,β-unsaturated/α-hetero) is 1. The maximum absolute atomic E-state index is 11.1. The number of rotatable bonds is 4. The van der Waals surface area contributed by atoms with Gasteiger partial charge in [-0.3, -0.25) is 0 Å². The first kappa shape index (κ1) is 14.6. The zero-order chi connectivity index (χ0) is 12.7. The molecule has 0 saturated heterocycles. The van der Waals surface area contributed by atoms with E-state index < -0.39 is 9.90 Å². The van der Waals surface area contributed by atoms with E-state index in [1.807, 2.05) is 0 Å². The van der Waals surface area contributed by atoms with Gasteiger partial charge < -0.3 is 9.90 Å². The molecule has 0 amide bonds. The lowest BCUT2D eigenvalue weighted by Crippen LogP contribution is -2.26. The molecule has 0 radical (unpaired) electrons. The highest BCUT2D eigenvalue weighted by Crippen LogP contribution is 2.62. The van der Waals surface area contributed by atoms with Gasteiger partial charge in [0.15, 0.2) is 0 Å². The van der Waals surface area contributed by atoms with Crippen LogP contribution in [-0.4, -0.2) is 20.8 Å². The summed E-state index contributed by atoms with van der Waals surface area (Å²) in [4.78, 5) is 11.1. The fraction of sp³-hybridized carbons (Fsp3) is 0.909. The van der Waals surface area contributed by atoms with E-state index in [2.05, 4.69) is 13.8 Å². The molecule has 1 N–H and O–H groups in total. The van der Waals surface area contributed by atoms with Crippen LogP contribution in [0.1, 0.15) is 33.6 Å². The van der Waals surface area contributed by atoms with E-state index in [0.717, 1.165) is 0 Å². The van der Waals surface area contributed by atoms with E-state index in [0.29, 0.717) is 18.8 Å². The monoisotopic (exact) mass is 286 g/mol. The highest BCUT2D eigenvalue weighted by molar-refractivity contribution is 6.68. The molecule has 16 heavy (non-hydrogen) atoms. The Balaban J connectivity index is 2.54. The van der Waals surface area contributed by atoms with Crippen molar-refractivity contribution < 1.29 is 9.90 Å². The summed E-state index contributed by atoms with van der Waals surface area (Å²) in [6.45, 7) is 5.74. The molecule has 3 unspecified atom stereocenters. The van der Waals surface area contributed by atoms with E-state index in [4.69, 9.17) is 34.8 Å². The number of alkyl halides is 3. The van der Waals surface area contributed by atoms with Gasteiger partial charge in [0.2, 0.25) is 3.79 Å². The Morgan fingerprint density at radius 2 is 1.88 bits per heavy atom. The average Bonchev–Trinajstić information content (AvgIpc) is 2.53. The molecule has 0 aromatic rings. The Morgan fingerprint density at radius 3 is 2.25 bits per heavy atom. The molecule has 1 fully saturated rings. The van der Waals surface area contributed by atoms with Gasteiger partial charge >= 0.3 is 0 Å². The van der Waals surface area contributed by atoms with Crippen molar-refractivity contribution in [3.8, 4) is 0 Å². The van der Waals surface area contributed by atoms with Gasteiger partial charge in [0.25, 0.3) is 0 Å². The molecule has 3 atom stereocenters. The van der Waals surface area contributed by atoms with E-state index in [1.165, 1.54) is 0 Å². The summed E-state index contributed by atoms with van der Waals surface area (Å²) in [5, 5.41) is 9.70. The molecular formula is C11H17Cl3O2. The average molecular weight is 288 g/mol. The van der Waals surface area contributed by atoms with Crippen molar-refractivity contribution in [1.29, 1.82) is 0 Å². The quantitative estimate of drug-likeness (QED) is 0.805. The molecule has 1 saturated carbocycles. The normalized spacial score (nSPS) is 29.9. The van der Waals surface area contributed by atoms with Crippen LogP contribution in [0.3, 0.4) is 0 Å². The van der Waals surface area contributed by atoms with Crippen molar-refractivity contribution in [3.63, 3.8) is 0 Å².